The van der Waals surface area contributed by atoms with E-state index in [0.717, 1.165) is 17.7 Å². The number of hydrogen-bond acceptors (Lipinski definition) is 2. The Morgan fingerprint density at radius 3 is 3.08 bits per heavy atom. The molecule has 1 heterocycles. The average molecular weight is 163 g/mol. The standard InChI is InChI=1S/C9H9NO2/c1-2-5-7-6(9(11)12)3-4-10-8(5)7/h3-5H,2H2,1H3,(H,11,12). The van der Waals surface area contributed by atoms with Gasteiger partial charge >= 0.3 is 5.97 Å². The van der Waals surface area contributed by atoms with Crippen molar-refractivity contribution in [1.82, 2.24) is 4.98 Å². The first kappa shape index (κ1) is 7.28. The van der Waals surface area contributed by atoms with Crippen LogP contribution in [0.3, 0.4) is 0 Å². The highest BCUT2D eigenvalue weighted by Gasteiger charge is 2.37. The Bertz CT molecular complexity index is 346. The normalized spacial score (nSPS) is 18.6. The molecule has 1 N–H and O–H groups in total. The number of carboxylic acid groups (broad SMARTS) is 1. The summed E-state index contributed by atoms with van der Waals surface area (Å²) in [6.45, 7) is 2.04. The quantitative estimate of drug-likeness (QED) is 0.720. The van der Waals surface area contributed by atoms with Crippen LogP contribution in [0.2, 0.25) is 0 Å². The summed E-state index contributed by atoms with van der Waals surface area (Å²) in [6.07, 6.45) is 2.52. The first-order chi connectivity index (χ1) is 5.75. The molecule has 0 aliphatic heterocycles. The zero-order valence-electron chi connectivity index (χ0n) is 6.74. The van der Waals surface area contributed by atoms with Gasteiger partial charge in [0.2, 0.25) is 0 Å². The minimum atomic E-state index is -0.843. The summed E-state index contributed by atoms with van der Waals surface area (Å²) in [5.41, 5.74) is 2.33. The molecule has 0 aromatic carbocycles. The molecule has 0 fully saturated rings. The molecule has 3 nitrogen and oxygen atoms in total. The maximum Gasteiger partial charge on any atom is 0.336 e. The summed E-state index contributed by atoms with van der Waals surface area (Å²) in [4.78, 5) is 14.8. The van der Waals surface area contributed by atoms with Gasteiger partial charge in [-0.15, -0.1) is 0 Å². The molecule has 0 spiro atoms. The van der Waals surface area contributed by atoms with E-state index in [2.05, 4.69) is 4.98 Å². The van der Waals surface area contributed by atoms with Gasteiger partial charge < -0.3 is 5.11 Å². The number of aromatic nitrogens is 1. The second-order valence-corrected chi connectivity index (χ2v) is 2.92. The largest absolute Gasteiger partial charge is 0.478 e. The predicted octanol–water partition coefficient (Wildman–Crippen LogP) is 1.64. The third-order valence-electron chi connectivity index (χ3n) is 2.25. The number of nitrogens with zero attached hydrogens (tertiary/aromatic N) is 1. The summed E-state index contributed by atoms with van der Waals surface area (Å²) in [6, 6.07) is 1.57. The highest BCUT2D eigenvalue weighted by molar-refractivity contribution is 5.92. The van der Waals surface area contributed by atoms with Crippen LogP contribution < -0.4 is 0 Å². The summed E-state index contributed by atoms with van der Waals surface area (Å²) >= 11 is 0. The Labute approximate surface area is 70.1 Å². The lowest BCUT2D eigenvalue weighted by molar-refractivity contribution is 0.0696. The van der Waals surface area contributed by atoms with E-state index in [4.69, 9.17) is 5.11 Å². The highest BCUT2D eigenvalue weighted by Crippen LogP contribution is 2.45. The maximum atomic E-state index is 10.7. The van der Waals surface area contributed by atoms with E-state index in [9.17, 15) is 4.79 Å². The van der Waals surface area contributed by atoms with Gasteiger partial charge in [0.25, 0.3) is 0 Å². The van der Waals surface area contributed by atoms with Crippen molar-refractivity contribution in [2.75, 3.05) is 0 Å². The number of fused-ring (bicyclic) bond motifs is 1. The van der Waals surface area contributed by atoms with Crippen molar-refractivity contribution in [2.45, 2.75) is 19.3 Å². The van der Waals surface area contributed by atoms with Crippen LogP contribution in [-0.4, -0.2) is 16.1 Å². The Morgan fingerprint density at radius 1 is 1.75 bits per heavy atom. The molecule has 1 aromatic rings. The fourth-order valence-corrected chi connectivity index (χ4v) is 1.61. The van der Waals surface area contributed by atoms with E-state index < -0.39 is 5.97 Å². The van der Waals surface area contributed by atoms with E-state index >= 15 is 0 Å². The molecule has 1 unspecified atom stereocenters. The second-order valence-electron chi connectivity index (χ2n) is 2.92. The van der Waals surface area contributed by atoms with Crippen LogP contribution in [0.4, 0.5) is 0 Å². The Kier molecular flexibility index (Phi) is 1.40. The Hall–Kier alpha value is -1.38. The van der Waals surface area contributed by atoms with E-state index in [1.54, 1.807) is 12.3 Å². The lowest BCUT2D eigenvalue weighted by Crippen LogP contribution is -1.95. The van der Waals surface area contributed by atoms with Crippen molar-refractivity contribution < 1.29 is 9.90 Å². The first-order valence-electron chi connectivity index (χ1n) is 3.97. The molecule has 0 amide bonds. The van der Waals surface area contributed by atoms with Gasteiger partial charge in [0.15, 0.2) is 0 Å². The van der Waals surface area contributed by atoms with Gasteiger partial charge in [-0.05, 0) is 18.1 Å². The van der Waals surface area contributed by atoms with E-state index in [-0.39, 0.29) is 0 Å². The third-order valence-corrected chi connectivity index (χ3v) is 2.25. The smallest absolute Gasteiger partial charge is 0.336 e. The molecule has 1 atom stereocenters. The van der Waals surface area contributed by atoms with Gasteiger partial charge in [0.05, 0.1) is 11.3 Å². The van der Waals surface area contributed by atoms with Gasteiger partial charge in [-0.1, -0.05) is 6.92 Å². The summed E-state index contributed by atoms with van der Waals surface area (Å²) < 4.78 is 0. The van der Waals surface area contributed by atoms with Crippen LogP contribution in [0.5, 0.6) is 0 Å². The molecule has 1 aromatic heterocycles. The van der Waals surface area contributed by atoms with Crippen molar-refractivity contribution in [2.24, 2.45) is 0 Å². The van der Waals surface area contributed by atoms with Crippen molar-refractivity contribution in [3.8, 4) is 0 Å². The number of aromatic carboxylic acids is 1. The number of rotatable bonds is 2. The van der Waals surface area contributed by atoms with E-state index in [1.165, 1.54) is 0 Å². The Morgan fingerprint density at radius 2 is 2.50 bits per heavy atom. The van der Waals surface area contributed by atoms with E-state index in [1.807, 2.05) is 6.92 Å². The Balaban J connectivity index is 2.44. The average Bonchev–Trinajstić information content (AvgIpc) is 2.76. The topological polar surface area (TPSA) is 50.2 Å². The van der Waals surface area contributed by atoms with Crippen molar-refractivity contribution in [3.05, 3.63) is 29.1 Å². The maximum absolute atomic E-state index is 10.7. The minimum absolute atomic E-state index is 0.311. The first-order valence-corrected chi connectivity index (χ1v) is 3.97. The summed E-state index contributed by atoms with van der Waals surface area (Å²) in [5, 5.41) is 8.78. The van der Waals surface area contributed by atoms with Gasteiger partial charge in [-0.25, -0.2) is 4.79 Å². The van der Waals surface area contributed by atoms with Crippen LogP contribution in [0.25, 0.3) is 0 Å². The van der Waals surface area contributed by atoms with Crippen LogP contribution in [-0.2, 0) is 0 Å². The number of carbonyl (C=O) groups is 1. The highest BCUT2D eigenvalue weighted by atomic mass is 16.4. The zero-order valence-corrected chi connectivity index (χ0v) is 6.74. The second kappa shape index (κ2) is 2.30. The van der Waals surface area contributed by atoms with Gasteiger partial charge in [0.1, 0.15) is 0 Å². The van der Waals surface area contributed by atoms with Crippen LogP contribution >= 0.6 is 0 Å². The van der Waals surface area contributed by atoms with Crippen molar-refractivity contribution in [1.29, 1.82) is 0 Å². The van der Waals surface area contributed by atoms with Crippen LogP contribution in [0, 0.1) is 0 Å². The molecule has 3 heteroatoms. The molecule has 12 heavy (non-hydrogen) atoms. The molecule has 0 radical (unpaired) electrons. The summed E-state index contributed by atoms with van der Waals surface area (Å²) in [7, 11) is 0. The fourth-order valence-electron chi connectivity index (χ4n) is 1.61. The van der Waals surface area contributed by atoms with Gasteiger partial charge in [-0.2, -0.15) is 0 Å². The molecule has 0 saturated carbocycles. The van der Waals surface area contributed by atoms with Gasteiger partial charge in [-0.3, -0.25) is 4.98 Å². The number of carboxylic acids is 1. The minimum Gasteiger partial charge on any atom is -0.478 e. The third kappa shape index (κ3) is 0.826. The molecule has 0 bridgehead atoms. The molecule has 0 saturated heterocycles. The summed E-state index contributed by atoms with van der Waals surface area (Å²) in [5.74, 6) is -0.532. The molecule has 2 rings (SSSR count). The molecular formula is C9H9NO2. The zero-order chi connectivity index (χ0) is 8.72. The number of hydrogen-bond donors (Lipinski definition) is 1. The molecular weight excluding hydrogens is 154 g/mol. The van der Waals surface area contributed by atoms with Crippen molar-refractivity contribution in [3.63, 3.8) is 0 Å². The molecule has 1 aliphatic carbocycles. The van der Waals surface area contributed by atoms with Crippen LogP contribution in [0.1, 0.15) is 40.9 Å². The monoisotopic (exact) mass is 163 g/mol. The lowest BCUT2D eigenvalue weighted by Gasteiger charge is -1.89. The fraction of sp³-hybridized carbons (Fsp3) is 0.333. The van der Waals surface area contributed by atoms with Gasteiger partial charge in [0, 0.05) is 12.1 Å². The molecule has 62 valence electrons. The lowest BCUT2D eigenvalue weighted by atomic mass is 10.2. The number of pyridine rings is 1. The SMILES string of the molecule is CCC1c2nccc(C(=O)O)c21. The predicted molar refractivity (Wildman–Crippen MR) is 43.3 cm³/mol. The van der Waals surface area contributed by atoms with E-state index in [0.29, 0.717) is 11.5 Å². The molecule has 1 aliphatic rings. The van der Waals surface area contributed by atoms with Crippen molar-refractivity contribution >= 4 is 5.97 Å². The van der Waals surface area contributed by atoms with Crippen LogP contribution in [0.15, 0.2) is 12.3 Å².